The molecule has 1 aliphatic heterocycles. The minimum absolute atomic E-state index is 0.216. The number of hydrogen-bond donors (Lipinski definition) is 2. The van der Waals surface area contributed by atoms with Crippen molar-refractivity contribution in [2.45, 2.75) is 31.3 Å². The van der Waals surface area contributed by atoms with Crippen molar-refractivity contribution < 1.29 is 4.74 Å². The lowest BCUT2D eigenvalue weighted by molar-refractivity contribution is 0.145. The number of anilines is 1. The van der Waals surface area contributed by atoms with Crippen molar-refractivity contribution in [2.24, 2.45) is 0 Å². The fraction of sp³-hybridized carbons (Fsp3) is 0.280. The van der Waals surface area contributed by atoms with Crippen LogP contribution in [0.3, 0.4) is 0 Å². The molecule has 3 rings (SSSR count). The number of hydrogen-bond acceptors (Lipinski definition) is 4. The second-order valence-corrected chi connectivity index (χ2v) is 8.08. The lowest BCUT2D eigenvalue weighted by Crippen LogP contribution is -2.23. The van der Waals surface area contributed by atoms with Gasteiger partial charge >= 0.3 is 0 Å². The van der Waals surface area contributed by atoms with Crippen molar-refractivity contribution in [2.75, 3.05) is 25.5 Å². The smallest absolute Gasteiger partial charge is 0.115 e. The van der Waals surface area contributed by atoms with Crippen LogP contribution in [-0.4, -0.2) is 26.2 Å². The van der Waals surface area contributed by atoms with Gasteiger partial charge in [0.1, 0.15) is 6.10 Å². The second-order valence-electron chi connectivity index (χ2n) is 7.17. The molecule has 0 bridgehead atoms. The Bertz CT molecular complexity index is 917. The average Bonchev–Trinajstić information content (AvgIpc) is 3.11. The predicted molar refractivity (Wildman–Crippen MR) is 127 cm³/mol. The molecule has 0 fully saturated rings. The lowest BCUT2D eigenvalue weighted by atomic mass is 10.0. The summed E-state index contributed by atoms with van der Waals surface area (Å²) in [6.45, 7) is 9.65. The van der Waals surface area contributed by atoms with Crippen LogP contribution in [0.4, 0.5) is 5.69 Å². The van der Waals surface area contributed by atoms with E-state index in [1.807, 2.05) is 13.1 Å². The summed E-state index contributed by atoms with van der Waals surface area (Å²) in [4.78, 5) is 1.26. The third-order valence-corrected chi connectivity index (χ3v) is 6.08. The van der Waals surface area contributed by atoms with Gasteiger partial charge in [-0.05, 0) is 49.6 Å². The predicted octanol–water partition coefficient (Wildman–Crippen LogP) is 6.18. The zero-order valence-corrected chi connectivity index (χ0v) is 18.3. The summed E-state index contributed by atoms with van der Waals surface area (Å²) < 4.78 is 6.05. The quantitative estimate of drug-likeness (QED) is 0.385. The van der Waals surface area contributed by atoms with Crippen LogP contribution in [0.2, 0.25) is 0 Å². The number of benzene rings is 2. The van der Waals surface area contributed by atoms with Gasteiger partial charge in [-0.3, -0.25) is 0 Å². The molecule has 4 heteroatoms. The molecule has 0 saturated heterocycles. The van der Waals surface area contributed by atoms with Crippen LogP contribution < -0.4 is 10.6 Å². The fourth-order valence-corrected chi connectivity index (χ4v) is 4.48. The summed E-state index contributed by atoms with van der Waals surface area (Å²) in [5, 5.41) is 8.88. The van der Waals surface area contributed by atoms with Gasteiger partial charge in [0, 0.05) is 41.2 Å². The Morgan fingerprint density at radius 2 is 1.97 bits per heavy atom. The first kappa shape index (κ1) is 21.3. The molecule has 1 atom stereocenters. The largest absolute Gasteiger partial charge is 0.493 e. The summed E-state index contributed by atoms with van der Waals surface area (Å²) in [5.74, 6) is 1.04. The molecule has 0 aromatic heterocycles. The minimum Gasteiger partial charge on any atom is -0.493 e. The third kappa shape index (κ3) is 5.34. The van der Waals surface area contributed by atoms with Gasteiger partial charge in [-0.2, -0.15) is 0 Å². The number of rotatable bonds is 9. The van der Waals surface area contributed by atoms with Crippen LogP contribution in [0.15, 0.2) is 77.2 Å². The van der Waals surface area contributed by atoms with Crippen LogP contribution in [-0.2, 0) is 4.74 Å². The summed E-state index contributed by atoms with van der Waals surface area (Å²) in [6, 6.07) is 17.0. The van der Waals surface area contributed by atoms with Crippen molar-refractivity contribution in [3.05, 3.63) is 83.5 Å². The summed E-state index contributed by atoms with van der Waals surface area (Å²) in [5.41, 5.74) is 6.17. The molecule has 29 heavy (non-hydrogen) atoms. The van der Waals surface area contributed by atoms with Crippen LogP contribution in [0.1, 0.15) is 31.4 Å². The molecule has 0 saturated carbocycles. The Kier molecular flexibility index (Phi) is 7.62. The number of likely N-dealkylation sites (N-methyl/N-ethyl adjacent to an activating group) is 1. The lowest BCUT2D eigenvalue weighted by Gasteiger charge is -2.12. The van der Waals surface area contributed by atoms with E-state index in [0.29, 0.717) is 0 Å². The molecule has 0 aliphatic carbocycles. The standard InChI is InChI=1S/C25H30N2OS/c1-5-14-27-24-12-8-6-10-21(24)18(2)17-29-25-13-9-7-11-22(25)23-15-20(16-26-4)28-19(23)3/h5-13,17,20,26-27H,1,14-16H2,2-4H3/b18-17+. The van der Waals surface area contributed by atoms with Gasteiger partial charge in [0.05, 0.1) is 5.76 Å². The highest BCUT2D eigenvalue weighted by molar-refractivity contribution is 8.02. The number of para-hydroxylation sites is 1. The monoisotopic (exact) mass is 406 g/mol. The van der Waals surface area contributed by atoms with Gasteiger partial charge in [0.15, 0.2) is 0 Å². The Morgan fingerprint density at radius 1 is 1.21 bits per heavy atom. The molecule has 0 spiro atoms. The molecule has 1 heterocycles. The van der Waals surface area contributed by atoms with Crippen molar-refractivity contribution in [1.82, 2.24) is 5.32 Å². The summed E-state index contributed by atoms with van der Waals surface area (Å²) in [7, 11) is 1.97. The number of ether oxygens (including phenoxy) is 1. The van der Waals surface area contributed by atoms with Crippen LogP contribution in [0.25, 0.3) is 11.1 Å². The van der Waals surface area contributed by atoms with E-state index in [9.17, 15) is 0 Å². The molecule has 152 valence electrons. The zero-order chi connectivity index (χ0) is 20.6. The normalized spacial score (nSPS) is 16.7. The minimum atomic E-state index is 0.216. The van der Waals surface area contributed by atoms with E-state index in [4.69, 9.17) is 4.74 Å². The van der Waals surface area contributed by atoms with Crippen molar-refractivity contribution in [1.29, 1.82) is 0 Å². The molecule has 0 amide bonds. The van der Waals surface area contributed by atoms with E-state index in [1.54, 1.807) is 11.8 Å². The highest BCUT2D eigenvalue weighted by Crippen LogP contribution is 2.39. The van der Waals surface area contributed by atoms with Gasteiger partial charge in [-0.25, -0.2) is 0 Å². The molecule has 2 N–H and O–H groups in total. The molecule has 1 unspecified atom stereocenters. The number of thioether (sulfide) groups is 1. The van der Waals surface area contributed by atoms with E-state index in [1.165, 1.54) is 27.2 Å². The number of nitrogens with one attached hydrogen (secondary N) is 2. The molecular formula is C25H30N2OS. The molecule has 0 radical (unpaired) electrons. The fourth-order valence-electron chi connectivity index (χ4n) is 3.57. The van der Waals surface area contributed by atoms with Crippen molar-refractivity contribution in [3.63, 3.8) is 0 Å². The van der Waals surface area contributed by atoms with E-state index in [0.717, 1.165) is 31.0 Å². The molecule has 1 aliphatic rings. The number of allylic oxidation sites excluding steroid dienone is 2. The van der Waals surface area contributed by atoms with E-state index >= 15 is 0 Å². The topological polar surface area (TPSA) is 33.3 Å². The van der Waals surface area contributed by atoms with Gasteiger partial charge in [0.25, 0.3) is 0 Å². The van der Waals surface area contributed by atoms with Gasteiger partial charge in [-0.15, -0.1) is 6.58 Å². The Balaban J connectivity index is 1.82. The zero-order valence-electron chi connectivity index (χ0n) is 17.5. The first-order valence-electron chi connectivity index (χ1n) is 10.0. The van der Waals surface area contributed by atoms with Gasteiger partial charge in [-0.1, -0.05) is 54.2 Å². The van der Waals surface area contributed by atoms with Crippen molar-refractivity contribution in [3.8, 4) is 0 Å². The molecular weight excluding hydrogens is 376 g/mol. The van der Waals surface area contributed by atoms with Gasteiger partial charge in [0.2, 0.25) is 0 Å². The Labute approximate surface area is 178 Å². The Hall–Kier alpha value is -2.43. The van der Waals surface area contributed by atoms with E-state index in [-0.39, 0.29) is 6.10 Å². The van der Waals surface area contributed by atoms with Crippen LogP contribution >= 0.6 is 11.8 Å². The van der Waals surface area contributed by atoms with Crippen LogP contribution in [0, 0.1) is 0 Å². The van der Waals surface area contributed by atoms with E-state index in [2.05, 4.69) is 85.0 Å². The van der Waals surface area contributed by atoms with E-state index < -0.39 is 0 Å². The van der Waals surface area contributed by atoms with Crippen molar-refractivity contribution >= 4 is 28.6 Å². The average molecular weight is 407 g/mol. The third-order valence-electron chi connectivity index (χ3n) is 5.00. The SMILES string of the molecule is C=CCNc1ccccc1/C(C)=C/Sc1ccccc1C1=C(C)OC(CNC)C1. The van der Waals surface area contributed by atoms with Crippen LogP contribution in [0.5, 0.6) is 0 Å². The highest BCUT2D eigenvalue weighted by atomic mass is 32.2. The summed E-state index contributed by atoms with van der Waals surface area (Å²) >= 11 is 1.77. The first-order chi connectivity index (χ1) is 14.1. The molecule has 2 aromatic carbocycles. The second kappa shape index (κ2) is 10.4. The first-order valence-corrected chi connectivity index (χ1v) is 10.9. The maximum absolute atomic E-state index is 6.05. The summed E-state index contributed by atoms with van der Waals surface area (Å²) in [6.07, 6.45) is 3.04. The maximum atomic E-state index is 6.05. The molecule has 2 aromatic rings. The molecule has 3 nitrogen and oxygen atoms in total. The highest BCUT2D eigenvalue weighted by Gasteiger charge is 2.24. The van der Waals surface area contributed by atoms with Gasteiger partial charge < -0.3 is 15.4 Å². The maximum Gasteiger partial charge on any atom is 0.115 e. The Morgan fingerprint density at radius 3 is 2.76 bits per heavy atom.